The molecule has 2 N–H and O–H groups in total. The van der Waals surface area contributed by atoms with Crippen molar-refractivity contribution in [1.82, 2.24) is 15.3 Å². The minimum Gasteiger partial charge on any atom is -0.348 e. The Bertz CT molecular complexity index is 531. The number of hydrogen-bond donors (Lipinski definition) is 2. The third-order valence-electron chi connectivity index (χ3n) is 4.02. The highest BCUT2D eigenvalue weighted by Gasteiger charge is 2.13. The van der Waals surface area contributed by atoms with E-state index in [1.54, 1.807) is 17.5 Å². The molecule has 0 amide bonds. The number of aromatic nitrogens is 2. The van der Waals surface area contributed by atoms with Gasteiger partial charge in [-0.1, -0.05) is 18.2 Å². The summed E-state index contributed by atoms with van der Waals surface area (Å²) in [6.07, 6.45) is 8.46. The molecular formula is C16H21N3. The van der Waals surface area contributed by atoms with Crippen LogP contribution in [0.3, 0.4) is 0 Å². The molecule has 1 aromatic heterocycles. The number of hydrogen-bond acceptors (Lipinski definition) is 2. The van der Waals surface area contributed by atoms with E-state index >= 15 is 0 Å². The maximum atomic E-state index is 4.03. The Morgan fingerprint density at radius 3 is 3.05 bits per heavy atom. The monoisotopic (exact) mass is 255 g/mol. The first-order valence-corrected chi connectivity index (χ1v) is 7.15. The fourth-order valence-electron chi connectivity index (χ4n) is 2.82. The topological polar surface area (TPSA) is 40.7 Å². The number of aromatic amines is 1. The van der Waals surface area contributed by atoms with Crippen molar-refractivity contribution in [3.8, 4) is 0 Å². The van der Waals surface area contributed by atoms with E-state index in [1.165, 1.54) is 30.5 Å². The van der Waals surface area contributed by atoms with Crippen LogP contribution in [0.4, 0.5) is 0 Å². The van der Waals surface area contributed by atoms with Crippen LogP contribution in [0.15, 0.2) is 30.7 Å². The van der Waals surface area contributed by atoms with E-state index in [1.807, 2.05) is 6.20 Å². The maximum absolute atomic E-state index is 4.03. The van der Waals surface area contributed by atoms with Crippen molar-refractivity contribution in [3.05, 3.63) is 53.1 Å². The molecule has 1 heterocycles. The molecule has 19 heavy (non-hydrogen) atoms. The van der Waals surface area contributed by atoms with Crippen molar-refractivity contribution in [1.29, 1.82) is 0 Å². The molecule has 1 unspecified atom stereocenters. The van der Waals surface area contributed by atoms with Gasteiger partial charge in [0.25, 0.3) is 0 Å². The lowest BCUT2D eigenvalue weighted by Gasteiger charge is -2.15. The van der Waals surface area contributed by atoms with E-state index in [-0.39, 0.29) is 0 Å². The quantitative estimate of drug-likeness (QED) is 0.862. The SMILES string of the molecule is CC(NCCc1cnc[nH]1)c1ccc2c(c1)CCC2. The smallest absolute Gasteiger partial charge is 0.0921 e. The van der Waals surface area contributed by atoms with Gasteiger partial charge in [0.15, 0.2) is 0 Å². The molecule has 100 valence electrons. The van der Waals surface area contributed by atoms with Gasteiger partial charge in [-0.15, -0.1) is 0 Å². The minimum absolute atomic E-state index is 0.411. The van der Waals surface area contributed by atoms with Crippen LogP contribution < -0.4 is 5.32 Å². The summed E-state index contributed by atoms with van der Waals surface area (Å²) in [4.78, 5) is 7.17. The van der Waals surface area contributed by atoms with E-state index in [0.29, 0.717) is 6.04 Å². The summed E-state index contributed by atoms with van der Waals surface area (Å²) in [5, 5.41) is 3.58. The fourth-order valence-corrected chi connectivity index (χ4v) is 2.82. The third-order valence-corrected chi connectivity index (χ3v) is 4.02. The summed E-state index contributed by atoms with van der Waals surface area (Å²) < 4.78 is 0. The van der Waals surface area contributed by atoms with Gasteiger partial charge in [0.05, 0.1) is 6.33 Å². The Balaban J connectivity index is 1.56. The van der Waals surface area contributed by atoms with Crippen LogP contribution in [0.25, 0.3) is 0 Å². The minimum atomic E-state index is 0.411. The number of imidazole rings is 1. The van der Waals surface area contributed by atoms with Gasteiger partial charge in [0.1, 0.15) is 0 Å². The van der Waals surface area contributed by atoms with Gasteiger partial charge < -0.3 is 10.3 Å². The zero-order chi connectivity index (χ0) is 13.1. The number of nitrogens with zero attached hydrogens (tertiary/aromatic N) is 1. The van der Waals surface area contributed by atoms with Gasteiger partial charge in [-0.05, 0) is 42.9 Å². The lowest BCUT2D eigenvalue weighted by molar-refractivity contribution is 0.574. The molecule has 1 aromatic carbocycles. The zero-order valence-corrected chi connectivity index (χ0v) is 11.4. The van der Waals surface area contributed by atoms with E-state index in [2.05, 4.69) is 40.4 Å². The van der Waals surface area contributed by atoms with Crippen molar-refractivity contribution in [2.75, 3.05) is 6.54 Å². The molecular weight excluding hydrogens is 234 g/mol. The normalized spacial score (nSPS) is 15.4. The standard InChI is InChI=1S/C16H21N3/c1-12(18-8-7-16-10-17-11-19-16)14-6-5-13-3-2-4-15(13)9-14/h5-6,9-12,18H,2-4,7-8H2,1H3,(H,17,19). The first-order chi connectivity index (χ1) is 9.33. The second-order valence-electron chi connectivity index (χ2n) is 5.38. The lowest BCUT2D eigenvalue weighted by atomic mass is 10.0. The van der Waals surface area contributed by atoms with Gasteiger partial charge in [-0.3, -0.25) is 0 Å². The molecule has 0 aliphatic heterocycles. The van der Waals surface area contributed by atoms with Gasteiger partial charge in [-0.25, -0.2) is 4.98 Å². The summed E-state index contributed by atoms with van der Waals surface area (Å²) in [5.41, 5.74) is 5.70. The van der Waals surface area contributed by atoms with Gasteiger partial charge in [0, 0.05) is 30.9 Å². The first-order valence-electron chi connectivity index (χ1n) is 7.15. The Hall–Kier alpha value is -1.61. The molecule has 3 heteroatoms. The molecule has 3 rings (SSSR count). The fraction of sp³-hybridized carbons (Fsp3) is 0.438. The third kappa shape index (κ3) is 2.87. The molecule has 1 aliphatic rings. The summed E-state index contributed by atoms with van der Waals surface area (Å²) >= 11 is 0. The number of nitrogens with one attached hydrogen (secondary N) is 2. The lowest BCUT2D eigenvalue weighted by Crippen LogP contribution is -2.21. The van der Waals surface area contributed by atoms with Crippen molar-refractivity contribution >= 4 is 0 Å². The summed E-state index contributed by atoms with van der Waals surface area (Å²) in [6, 6.07) is 7.38. The van der Waals surface area contributed by atoms with E-state index in [4.69, 9.17) is 0 Å². The highest BCUT2D eigenvalue weighted by molar-refractivity contribution is 5.36. The summed E-state index contributed by atoms with van der Waals surface area (Å²) in [5.74, 6) is 0. The zero-order valence-electron chi connectivity index (χ0n) is 11.4. The van der Waals surface area contributed by atoms with Crippen LogP contribution in [0.2, 0.25) is 0 Å². The predicted octanol–water partition coefficient (Wildman–Crippen LogP) is 2.79. The molecule has 0 bridgehead atoms. The van der Waals surface area contributed by atoms with E-state index in [0.717, 1.165) is 13.0 Å². The second-order valence-corrected chi connectivity index (χ2v) is 5.38. The number of aryl methyl sites for hydroxylation is 2. The molecule has 0 radical (unpaired) electrons. The molecule has 1 aliphatic carbocycles. The van der Waals surface area contributed by atoms with Crippen molar-refractivity contribution in [2.45, 2.75) is 38.6 Å². The number of H-pyrrole nitrogens is 1. The Morgan fingerprint density at radius 2 is 2.21 bits per heavy atom. The summed E-state index contributed by atoms with van der Waals surface area (Å²) in [7, 11) is 0. The number of rotatable bonds is 5. The Morgan fingerprint density at radius 1 is 1.32 bits per heavy atom. The van der Waals surface area contributed by atoms with Crippen molar-refractivity contribution in [2.24, 2.45) is 0 Å². The molecule has 1 atom stereocenters. The van der Waals surface area contributed by atoms with Crippen LogP contribution in [0.1, 0.15) is 41.8 Å². The van der Waals surface area contributed by atoms with Gasteiger partial charge >= 0.3 is 0 Å². The van der Waals surface area contributed by atoms with Crippen molar-refractivity contribution in [3.63, 3.8) is 0 Å². The van der Waals surface area contributed by atoms with Crippen LogP contribution in [0.5, 0.6) is 0 Å². The van der Waals surface area contributed by atoms with Crippen LogP contribution >= 0.6 is 0 Å². The number of fused-ring (bicyclic) bond motifs is 1. The van der Waals surface area contributed by atoms with Gasteiger partial charge in [0.2, 0.25) is 0 Å². The highest BCUT2D eigenvalue weighted by atomic mass is 14.9. The summed E-state index contributed by atoms with van der Waals surface area (Å²) in [6.45, 7) is 3.21. The highest BCUT2D eigenvalue weighted by Crippen LogP contribution is 2.25. The van der Waals surface area contributed by atoms with Crippen LogP contribution in [0, 0.1) is 0 Å². The first kappa shape index (κ1) is 12.4. The van der Waals surface area contributed by atoms with E-state index in [9.17, 15) is 0 Å². The Kier molecular flexibility index (Phi) is 3.65. The maximum Gasteiger partial charge on any atom is 0.0921 e. The molecule has 0 saturated heterocycles. The molecule has 3 nitrogen and oxygen atoms in total. The van der Waals surface area contributed by atoms with Gasteiger partial charge in [-0.2, -0.15) is 0 Å². The van der Waals surface area contributed by atoms with Crippen LogP contribution in [-0.4, -0.2) is 16.5 Å². The van der Waals surface area contributed by atoms with E-state index < -0.39 is 0 Å². The molecule has 0 fully saturated rings. The largest absolute Gasteiger partial charge is 0.348 e. The van der Waals surface area contributed by atoms with Crippen molar-refractivity contribution < 1.29 is 0 Å². The molecule has 0 spiro atoms. The molecule has 0 saturated carbocycles. The average Bonchev–Trinajstić information content (AvgIpc) is 3.08. The number of benzene rings is 1. The molecule has 2 aromatic rings. The Labute approximate surface area is 114 Å². The average molecular weight is 255 g/mol. The van der Waals surface area contributed by atoms with Crippen LogP contribution in [-0.2, 0) is 19.3 Å². The second kappa shape index (κ2) is 5.57. The predicted molar refractivity (Wildman–Crippen MR) is 77.2 cm³/mol.